The van der Waals surface area contributed by atoms with Crippen LogP contribution in [0.25, 0.3) is 26.4 Å². The Bertz CT molecular complexity index is 1980. The van der Waals surface area contributed by atoms with Gasteiger partial charge in [-0.2, -0.15) is 0 Å². The molecule has 6 aromatic rings. The van der Waals surface area contributed by atoms with Gasteiger partial charge >= 0.3 is 0 Å². The van der Waals surface area contributed by atoms with Crippen LogP contribution in [0.15, 0.2) is 138 Å². The number of benzene rings is 6. The van der Waals surface area contributed by atoms with Crippen LogP contribution in [0.3, 0.4) is 0 Å². The Morgan fingerprint density at radius 3 is 1.55 bits per heavy atom. The average Bonchev–Trinajstić information content (AvgIpc) is 3.17. The maximum Gasteiger partial charge on any atom is 0.205 e. The number of hydrogen-bond acceptors (Lipinski definition) is 3. The predicted octanol–water partition coefficient (Wildman–Crippen LogP) is 13.1. The van der Waals surface area contributed by atoms with Crippen LogP contribution in [0.2, 0.25) is 0 Å². The highest BCUT2D eigenvalue weighted by Gasteiger charge is 2.07. The fourth-order valence-corrected chi connectivity index (χ4v) is 5.77. The normalized spacial score (nSPS) is 11.0. The first-order valence-corrected chi connectivity index (χ1v) is 18.3. The van der Waals surface area contributed by atoms with E-state index in [0.717, 1.165) is 25.5 Å². The van der Waals surface area contributed by atoms with E-state index in [2.05, 4.69) is 147 Å². The summed E-state index contributed by atoms with van der Waals surface area (Å²) in [7, 11) is 1.42. The van der Waals surface area contributed by atoms with E-state index < -0.39 is 0 Å². The molecule has 0 saturated carbocycles. The summed E-state index contributed by atoms with van der Waals surface area (Å²) in [5, 5.41) is 5.11. The molecule has 2 N–H and O–H groups in total. The number of carbonyl (C=O) groups excluding carboxylic acids is 1. The molecule has 0 unspecified atom stereocenters. The van der Waals surface area contributed by atoms with Crippen LogP contribution in [-0.2, 0) is 17.6 Å². The fraction of sp³-hybridized carbons (Fsp3) is 0.286. The number of aliphatic imine (C=N–C) groups is 1. The van der Waals surface area contributed by atoms with Crippen molar-refractivity contribution in [1.82, 2.24) is 0 Å². The highest BCUT2D eigenvalue weighted by Crippen LogP contribution is 2.26. The Hall–Kier alpha value is -5.37. The van der Waals surface area contributed by atoms with Gasteiger partial charge in [0, 0.05) is 12.5 Å². The zero-order chi connectivity index (χ0) is 38.1. The van der Waals surface area contributed by atoms with Gasteiger partial charge in [-0.05, 0) is 97.0 Å². The van der Waals surface area contributed by atoms with E-state index in [1.165, 1.54) is 62.0 Å². The maximum absolute atomic E-state index is 10.1. The molecule has 0 aliphatic rings. The van der Waals surface area contributed by atoms with Crippen LogP contribution in [0.4, 0.5) is 0 Å². The van der Waals surface area contributed by atoms with E-state index in [0.29, 0.717) is 6.42 Å². The molecule has 0 aliphatic heterocycles. The molecule has 6 rings (SSSR count). The summed E-state index contributed by atoms with van der Waals surface area (Å²) in [6, 6.07) is 46.8. The van der Waals surface area contributed by atoms with Crippen LogP contribution in [0.5, 0.6) is 0 Å². The number of aryl methyl sites for hydroxylation is 4. The van der Waals surface area contributed by atoms with E-state index in [4.69, 9.17) is 17.3 Å². The summed E-state index contributed by atoms with van der Waals surface area (Å²) in [4.78, 5) is 17.6. The van der Waals surface area contributed by atoms with E-state index >= 15 is 0 Å². The molecule has 6 aromatic carbocycles. The first kappa shape index (κ1) is 45.7. The van der Waals surface area contributed by atoms with Gasteiger partial charge in [0.05, 0.1) is 6.04 Å². The van der Waals surface area contributed by atoms with Crippen molar-refractivity contribution < 1.29 is 4.79 Å². The molecule has 4 nitrogen and oxygen atoms in total. The van der Waals surface area contributed by atoms with Gasteiger partial charge in [-0.3, -0.25) is 4.99 Å². The summed E-state index contributed by atoms with van der Waals surface area (Å²) in [6.07, 6.45) is 6.57. The third kappa shape index (κ3) is 16.2. The number of aldehydes is 1. The van der Waals surface area contributed by atoms with E-state index in [9.17, 15) is 4.79 Å². The lowest BCUT2D eigenvalue weighted by molar-refractivity contribution is -0.107. The number of fused-ring (bicyclic) bond motifs is 2. The standard InChI is InChI=1S/C22H23N.C12H13N.C10H12O.C2H3N.C2H6.CH4/c1-17-8-5-9-19(16-17)10-7-15-23-18(2)21-14-6-12-20-11-3-4-13-22(20)21;1-9(13)11-8-4-6-10-5-2-3-7-12(10)11;1-9-4-2-5-10(8-9)6-3-7-11;1-3-2;1-2;/h3-6,8-9,11-16,18H,7,10H2,1-2H3;2-9H,13H2,1H3;2,4-5,7-8H,3,6H2,1H3;1H3;1-2H3;1H4/t18-;9-;;;;/m11..../s1. The Morgan fingerprint density at radius 2 is 1.08 bits per heavy atom. The third-order valence-corrected chi connectivity index (χ3v) is 8.19. The van der Waals surface area contributed by atoms with Crippen molar-refractivity contribution in [1.29, 1.82) is 0 Å². The second kappa shape index (κ2) is 26.4. The van der Waals surface area contributed by atoms with Crippen molar-refractivity contribution in [2.75, 3.05) is 7.05 Å². The summed E-state index contributed by atoms with van der Waals surface area (Å²) in [6.45, 7) is 18.2. The SMILES string of the molecule is C.CC.C[C@@H](N)c1cccc2ccccc12.Cc1cccc(CCC=N[C@H](C)c2cccc3ccccc23)c1.Cc1cccc(CCC=O)c1.[C-]#[N+]C. The first-order chi connectivity index (χ1) is 25.3. The molecule has 0 saturated heterocycles. The number of rotatable bonds is 9. The van der Waals surface area contributed by atoms with Crippen molar-refractivity contribution in [3.63, 3.8) is 0 Å². The molecule has 0 aliphatic carbocycles. The van der Waals surface area contributed by atoms with Gasteiger partial charge in [-0.1, -0.05) is 166 Å². The Kier molecular flexibility index (Phi) is 22.7. The lowest BCUT2D eigenvalue weighted by Gasteiger charge is -2.10. The Labute approximate surface area is 320 Å². The molecule has 0 amide bonds. The highest BCUT2D eigenvalue weighted by atomic mass is 16.1. The number of hydrogen-bond donors (Lipinski definition) is 1. The van der Waals surface area contributed by atoms with Gasteiger partial charge in [0.15, 0.2) is 0 Å². The van der Waals surface area contributed by atoms with Crippen LogP contribution >= 0.6 is 0 Å². The van der Waals surface area contributed by atoms with Crippen LogP contribution in [0.1, 0.15) is 93.4 Å². The Balaban J connectivity index is 0.000000399. The zero-order valence-corrected chi connectivity index (χ0v) is 32.2. The second-order valence-electron chi connectivity index (χ2n) is 12.4. The molecule has 0 fully saturated rings. The lowest BCUT2D eigenvalue weighted by atomic mass is 10.00. The molecule has 278 valence electrons. The summed E-state index contributed by atoms with van der Waals surface area (Å²) in [5.74, 6) is 0. The second-order valence-corrected chi connectivity index (χ2v) is 12.4. The molecular weight excluding hydrogens is 647 g/mol. The molecule has 4 heteroatoms. The topological polar surface area (TPSA) is 59.8 Å². The minimum absolute atomic E-state index is 0. The minimum atomic E-state index is 0. The number of nitrogens with zero attached hydrogens (tertiary/aromatic N) is 2. The van der Waals surface area contributed by atoms with Crippen molar-refractivity contribution in [2.24, 2.45) is 10.7 Å². The zero-order valence-electron chi connectivity index (χ0n) is 32.2. The summed E-state index contributed by atoms with van der Waals surface area (Å²) in [5.41, 5.74) is 13.6. The van der Waals surface area contributed by atoms with Crippen molar-refractivity contribution in [3.8, 4) is 0 Å². The summed E-state index contributed by atoms with van der Waals surface area (Å²) < 4.78 is 0. The van der Waals surface area contributed by atoms with E-state index in [1.54, 1.807) is 0 Å². The lowest BCUT2D eigenvalue weighted by Crippen LogP contribution is -2.05. The maximum atomic E-state index is 10.1. The van der Waals surface area contributed by atoms with Crippen LogP contribution in [0, 0.1) is 20.4 Å². The van der Waals surface area contributed by atoms with E-state index in [1.807, 2.05) is 39.0 Å². The molecule has 0 spiro atoms. The first-order valence-electron chi connectivity index (χ1n) is 18.3. The molecular formula is C49H61N3O. The monoisotopic (exact) mass is 707 g/mol. The third-order valence-electron chi connectivity index (χ3n) is 8.19. The smallest absolute Gasteiger partial charge is 0.205 e. The molecule has 0 bridgehead atoms. The van der Waals surface area contributed by atoms with Gasteiger partial charge in [0.1, 0.15) is 6.29 Å². The summed E-state index contributed by atoms with van der Waals surface area (Å²) >= 11 is 0. The van der Waals surface area contributed by atoms with Gasteiger partial charge in [-0.25, -0.2) is 6.57 Å². The fourth-order valence-electron chi connectivity index (χ4n) is 5.77. The molecule has 2 atom stereocenters. The van der Waals surface area contributed by atoms with E-state index in [-0.39, 0.29) is 19.5 Å². The van der Waals surface area contributed by atoms with Crippen molar-refractivity contribution >= 4 is 34.0 Å². The number of nitrogens with two attached hydrogens (primary N) is 1. The Morgan fingerprint density at radius 1 is 0.660 bits per heavy atom. The molecule has 0 heterocycles. The molecule has 53 heavy (non-hydrogen) atoms. The largest absolute Gasteiger partial charge is 0.324 e. The molecule has 0 aromatic heterocycles. The minimum Gasteiger partial charge on any atom is -0.324 e. The van der Waals surface area contributed by atoms with Crippen LogP contribution < -0.4 is 5.73 Å². The van der Waals surface area contributed by atoms with Crippen LogP contribution in [-0.4, -0.2) is 19.5 Å². The van der Waals surface area contributed by atoms with Gasteiger partial charge in [0.25, 0.3) is 0 Å². The van der Waals surface area contributed by atoms with Crippen molar-refractivity contribution in [3.05, 3.63) is 178 Å². The van der Waals surface area contributed by atoms with Gasteiger partial charge in [-0.15, -0.1) is 0 Å². The van der Waals surface area contributed by atoms with Gasteiger partial charge < -0.3 is 15.4 Å². The predicted molar refractivity (Wildman–Crippen MR) is 233 cm³/mol. The highest BCUT2D eigenvalue weighted by molar-refractivity contribution is 5.87. The number of carbonyl (C=O) groups is 1. The average molecular weight is 708 g/mol. The van der Waals surface area contributed by atoms with Gasteiger partial charge in [0.2, 0.25) is 7.05 Å². The molecule has 0 radical (unpaired) electrons. The quantitative estimate of drug-likeness (QED) is 0.0924. The van der Waals surface area contributed by atoms with Crippen molar-refractivity contribution in [2.45, 2.75) is 86.7 Å².